The summed E-state index contributed by atoms with van der Waals surface area (Å²) in [6.45, 7) is -9.97. The van der Waals surface area contributed by atoms with Crippen molar-refractivity contribution in [2.24, 2.45) is 0 Å². The molecule has 1 fully saturated rings. The monoisotopic (exact) mass is 1030 g/mol. The summed E-state index contributed by atoms with van der Waals surface area (Å²) in [5.41, 5.74) is 0.0556. The number of alkyl halides is 31. The second-order valence-corrected chi connectivity index (χ2v) is 11.4. The van der Waals surface area contributed by atoms with Crippen molar-refractivity contribution in [1.82, 2.24) is 0 Å². The highest BCUT2D eigenvalue weighted by molar-refractivity contribution is 6.21. The number of epoxide rings is 1. The third-order valence-corrected chi connectivity index (χ3v) is 5.88. The van der Waals surface area contributed by atoms with E-state index in [1.807, 2.05) is 0 Å². The first-order valence-corrected chi connectivity index (χ1v) is 14.6. The largest absolute Gasteiger partial charge is 0.462 e. The molecule has 4 atom stereocenters. The van der Waals surface area contributed by atoms with Gasteiger partial charge in [-0.25, -0.2) is 13.2 Å². The number of aliphatic hydroxyl groups is 2. The molecule has 1 saturated heterocycles. The molecule has 0 saturated carbocycles. The van der Waals surface area contributed by atoms with Gasteiger partial charge in [0.2, 0.25) is 0 Å². The number of hydrogen-bond acceptors (Lipinski definition) is 8. The second-order valence-electron chi connectivity index (χ2n) is 10.9. The molecule has 376 valence electrons. The smallest absolute Gasteiger partial charge is 0.390 e. The van der Waals surface area contributed by atoms with Crippen molar-refractivity contribution < 1.29 is 170 Å². The Morgan fingerprint density at radius 3 is 0.855 bits per heavy atom. The molecule has 0 spiro atoms. The van der Waals surface area contributed by atoms with Crippen molar-refractivity contribution in [3.8, 4) is 0 Å². The Hall–Kier alpha value is -2.13. The average molecular weight is 1030 g/mol. The first-order chi connectivity index (χ1) is 26.9. The van der Waals surface area contributed by atoms with E-state index in [-0.39, 0.29) is 5.56 Å². The highest BCUT2D eigenvalue weighted by atomic mass is 35.5. The van der Waals surface area contributed by atoms with E-state index in [0.717, 1.165) is 6.61 Å². The van der Waals surface area contributed by atoms with Crippen LogP contribution in [0, 0.1) is 0 Å². The molecule has 2 N–H and O–H groups in total. The number of halogens is 31. The Morgan fingerprint density at radius 1 is 0.468 bits per heavy atom. The van der Waals surface area contributed by atoms with E-state index in [0.29, 0.717) is 0 Å². The summed E-state index contributed by atoms with van der Waals surface area (Å²) < 4.78 is 391. The minimum Gasteiger partial charge on any atom is -0.390 e. The molecule has 1 aliphatic rings. The van der Waals surface area contributed by atoms with Gasteiger partial charge in [0.1, 0.15) is 25.9 Å². The lowest BCUT2D eigenvalue weighted by atomic mass is 10.3. The molecule has 1 aliphatic heterocycles. The summed E-state index contributed by atoms with van der Waals surface area (Å²) in [6, 6.07) is 0. The molecule has 39 heteroatoms. The molecule has 62 heavy (non-hydrogen) atoms. The molecule has 0 aromatic carbocycles. The molecule has 0 aromatic heterocycles. The van der Waals surface area contributed by atoms with Crippen LogP contribution in [0.4, 0.5) is 132 Å². The lowest BCUT2D eigenvalue weighted by Gasteiger charge is -2.31. The number of ether oxygens (including phenoxy) is 6. The Kier molecular flexibility index (Phi) is 21.0. The van der Waals surface area contributed by atoms with Gasteiger partial charge in [0.05, 0.1) is 19.8 Å². The molecular formula is C23H19ClF30O8. The normalized spacial score (nSPS) is 18.8. The Labute approximate surface area is 325 Å². The maximum absolute atomic E-state index is 13.3. The third-order valence-electron chi connectivity index (χ3n) is 5.63. The van der Waals surface area contributed by atoms with Crippen LogP contribution in [0.5, 0.6) is 0 Å². The van der Waals surface area contributed by atoms with E-state index in [1.165, 1.54) is 0 Å². The van der Waals surface area contributed by atoms with Gasteiger partial charge in [0.25, 0.3) is 19.1 Å². The highest BCUT2D eigenvalue weighted by Crippen LogP contribution is 2.51. The van der Waals surface area contributed by atoms with Crippen LogP contribution in [0.15, 0.2) is 0 Å². The van der Waals surface area contributed by atoms with Gasteiger partial charge in [0, 0.05) is 0 Å². The van der Waals surface area contributed by atoms with Crippen molar-refractivity contribution in [2.75, 3.05) is 39.6 Å². The van der Waals surface area contributed by atoms with E-state index >= 15 is 0 Å². The van der Waals surface area contributed by atoms with Gasteiger partial charge in [-0.1, -0.05) is 11.6 Å². The van der Waals surface area contributed by atoms with E-state index in [2.05, 4.69) is 28.4 Å². The predicted molar refractivity (Wildman–Crippen MR) is 131 cm³/mol. The van der Waals surface area contributed by atoms with Crippen molar-refractivity contribution in [2.45, 2.75) is 103 Å². The Balaban J connectivity index is 0. The Bertz CT molecular complexity index is 1270. The van der Waals surface area contributed by atoms with Crippen molar-refractivity contribution >= 4 is 11.6 Å². The number of rotatable bonds is 21. The molecular weight excluding hydrogens is 1010 g/mol. The van der Waals surface area contributed by atoms with Crippen LogP contribution in [-0.2, 0) is 28.4 Å². The maximum atomic E-state index is 13.3. The van der Waals surface area contributed by atoms with Crippen LogP contribution in [-0.4, -0.2) is 153 Å². The summed E-state index contributed by atoms with van der Waals surface area (Å²) in [4.78, 5) is 0. The van der Waals surface area contributed by atoms with Gasteiger partial charge in [-0.05, 0) is 0 Å². The van der Waals surface area contributed by atoms with E-state index in [1.54, 1.807) is 0 Å². The van der Waals surface area contributed by atoms with Crippen LogP contribution in [0.25, 0.3) is 0 Å². The lowest BCUT2D eigenvalue weighted by molar-refractivity contribution is -0.451. The predicted octanol–water partition coefficient (Wildman–Crippen LogP) is 9.15. The quantitative estimate of drug-likeness (QED) is 0.0668. The molecule has 1 heterocycles. The zero-order chi connectivity index (χ0) is 50.4. The van der Waals surface area contributed by atoms with Crippen molar-refractivity contribution in [3.05, 3.63) is 0 Å². The van der Waals surface area contributed by atoms with Crippen molar-refractivity contribution in [1.29, 1.82) is 0 Å². The average Bonchev–Trinajstić information content (AvgIpc) is 3.84. The minimum absolute atomic E-state index is 0.0556. The maximum Gasteiger partial charge on any atom is 0.462 e. The second kappa shape index (κ2) is 21.0. The summed E-state index contributed by atoms with van der Waals surface area (Å²) >= 11 is 5.16. The first kappa shape index (κ1) is 62.0. The van der Waals surface area contributed by atoms with E-state index < -0.39 is 131 Å². The summed E-state index contributed by atoms with van der Waals surface area (Å²) in [5, 5.41) is 17.0. The molecule has 0 bridgehead atoms. The fraction of sp³-hybridized carbons (Fsp3) is 1.00. The Morgan fingerprint density at radius 2 is 0.677 bits per heavy atom. The van der Waals surface area contributed by atoms with E-state index in [4.69, 9.17) is 16.7 Å². The minimum atomic E-state index is -7.16. The third kappa shape index (κ3) is 17.0. The number of hydrogen-bond donors (Lipinski definition) is 2. The topological polar surface area (TPSA) is 99.1 Å². The zero-order valence-electron chi connectivity index (χ0n) is 28.2. The first-order valence-electron chi connectivity index (χ1n) is 14.2. The SMILES string of the molecule is ClC1CO1.OC(COCC(F)(F)C(F)OC(F)(F)C(F)(F)C(F)(F)F)COCC(F)(F)C(F)OC(F)(F)C(F)(F)C(F)(F)F.OCC(F)(F)C(F)OC(F)(F)C(F)(F)C(F)(F)F. The van der Waals surface area contributed by atoms with Crippen LogP contribution < -0.4 is 0 Å². The fourth-order valence-electron chi connectivity index (χ4n) is 2.31. The van der Waals surface area contributed by atoms with Gasteiger partial charge in [-0.2, -0.15) is 119 Å². The summed E-state index contributed by atoms with van der Waals surface area (Å²) in [5.74, 6) is -37.1. The standard InChI is InChI=1S/C15H12F20O5.C6H4F10O2.C2H3ClO/c16-6(39-14(32,33)10(22,23)12(26,27)28)8(18,19)3-37-1-5(36)2-38-4-9(20,21)7(17)40-15(34,35)11(24,25)13(29,30)31;7-2(3(8,9)1-17)18-6(15,16)4(10,11)5(12,13)14;3-2-1-4-2/h5-7,36H,1-4H2;2,17H,1H2;2H,1H2. The summed E-state index contributed by atoms with van der Waals surface area (Å²) in [6.07, 6.45) is -58.2. The molecule has 4 unspecified atom stereocenters. The van der Waals surface area contributed by atoms with Gasteiger partial charge in [-0.15, -0.1) is 0 Å². The van der Waals surface area contributed by atoms with Crippen LogP contribution in [0.2, 0.25) is 0 Å². The molecule has 0 amide bonds. The zero-order valence-corrected chi connectivity index (χ0v) is 28.9. The molecule has 0 radical (unpaired) electrons. The van der Waals surface area contributed by atoms with Crippen LogP contribution >= 0.6 is 11.6 Å². The van der Waals surface area contributed by atoms with Crippen molar-refractivity contribution in [3.63, 3.8) is 0 Å². The molecule has 0 aromatic rings. The highest BCUT2D eigenvalue weighted by Gasteiger charge is 2.78. The van der Waals surface area contributed by atoms with Gasteiger partial charge >= 0.3 is 72.4 Å². The molecule has 0 aliphatic carbocycles. The lowest BCUT2D eigenvalue weighted by Crippen LogP contribution is -2.56. The molecule has 8 nitrogen and oxygen atoms in total. The fourth-order valence-corrected chi connectivity index (χ4v) is 2.39. The molecule has 1 rings (SSSR count). The van der Waals surface area contributed by atoms with Crippen LogP contribution in [0.1, 0.15) is 0 Å². The summed E-state index contributed by atoms with van der Waals surface area (Å²) in [7, 11) is 0. The number of aliphatic hydroxyl groups excluding tert-OH is 2. The van der Waals surface area contributed by atoms with E-state index in [9.17, 15) is 137 Å². The van der Waals surface area contributed by atoms with Gasteiger partial charge in [0.15, 0.2) is 5.56 Å². The van der Waals surface area contributed by atoms with Gasteiger partial charge in [-0.3, -0.25) is 14.2 Å². The van der Waals surface area contributed by atoms with Gasteiger partial charge < -0.3 is 24.4 Å². The van der Waals surface area contributed by atoms with Crippen LogP contribution in [0.3, 0.4) is 0 Å².